The Bertz CT molecular complexity index is 1030. The van der Waals surface area contributed by atoms with Gasteiger partial charge < -0.3 is 21.1 Å². The molecule has 2 heterocycles. The Labute approximate surface area is 183 Å². The molecule has 1 amide bonds. The number of amides is 1. The number of benzene rings is 1. The van der Waals surface area contributed by atoms with Crippen molar-refractivity contribution in [1.29, 1.82) is 0 Å². The maximum absolute atomic E-state index is 12.6. The summed E-state index contributed by atoms with van der Waals surface area (Å²) in [6.07, 6.45) is 2.27. The maximum atomic E-state index is 12.6. The topological polar surface area (TPSA) is 112 Å². The quantitative estimate of drug-likeness (QED) is 0.411. The van der Waals surface area contributed by atoms with Gasteiger partial charge in [0, 0.05) is 36.3 Å². The molecule has 0 saturated heterocycles. The van der Waals surface area contributed by atoms with Crippen LogP contribution in [0.2, 0.25) is 10.0 Å². The van der Waals surface area contributed by atoms with Crippen molar-refractivity contribution in [3.8, 4) is 0 Å². The molecule has 0 aliphatic rings. The molecular formula is C20H20Cl2N6O2. The number of aliphatic hydroxyl groups excluding tert-OH is 1. The van der Waals surface area contributed by atoms with Crippen LogP contribution in [0.5, 0.6) is 0 Å². The van der Waals surface area contributed by atoms with E-state index in [2.05, 4.69) is 30.9 Å². The number of aliphatic hydroxyl groups is 1. The van der Waals surface area contributed by atoms with Crippen LogP contribution in [0.25, 0.3) is 0 Å². The lowest BCUT2D eigenvalue weighted by molar-refractivity contribution is 0.102. The third kappa shape index (κ3) is 5.56. The van der Waals surface area contributed by atoms with Crippen molar-refractivity contribution in [1.82, 2.24) is 15.0 Å². The Morgan fingerprint density at radius 1 is 1.10 bits per heavy atom. The predicted octanol–water partition coefficient (Wildman–Crippen LogP) is 4.14. The van der Waals surface area contributed by atoms with Crippen LogP contribution in [-0.4, -0.2) is 39.1 Å². The van der Waals surface area contributed by atoms with Gasteiger partial charge in [-0.1, -0.05) is 36.2 Å². The molecule has 156 valence electrons. The number of nitrogens with zero attached hydrogens (tertiary/aromatic N) is 3. The Morgan fingerprint density at radius 2 is 1.87 bits per heavy atom. The van der Waals surface area contributed by atoms with Crippen LogP contribution in [-0.2, 0) is 6.42 Å². The average Bonchev–Trinajstić information content (AvgIpc) is 2.72. The minimum Gasteiger partial charge on any atom is -0.395 e. The van der Waals surface area contributed by atoms with Crippen molar-refractivity contribution in [2.45, 2.75) is 13.3 Å². The van der Waals surface area contributed by atoms with Crippen molar-refractivity contribution in [3.63, 3.8) is 0 Å². The molecule has 4 N–H and O–H groups in total. The molecule has 2 aromatic heterocycles. The lowest BCUT2D eigenvalue weighted by Crippen LogP contribution is -2.13. The summed E-state index contributed by atoms with van der Waals surface area (Å²) in [7, 11) is 0. The highest BCUT2D eigenvalue weighted by Gasteiger charge is 2.15. The second kappa shape index (κ2) is 10.2. The number of carbonyl (C=O) groups excluding carboxylic acids is 1. The molecule has 0 aliphatic carbocycles. The number of halogens is 2. The molecule has 10 heteroatoms. The van der Waals surface area contributed by atoms with Crippen LogP contribution >= 0.6 is 23.2 Å². The number of pyridine rings is 1. The van der Waals surface area contributed by atoms with E-state index in [1.165, 1.54) is 0 Å². The monoisotopic (exact) mass is 446 g/mol. The van der Waals surface area contributed by atoms with Crippen molar-refractivity contribution < 1.29 is 9.90 Å². The first-order valence-corrected chi connectivity index (χ1v) is 9.97. The van der Waals surface area contributed by atoms with Gasteiger partial charge in [-0.2, -0.15) is 4.98 Å². The lowest BCUT2D eigenvalue weighted by atomic mass is 10.2. The Morgan fingerprint density at radius 3 is 2.57 bits per heavy atom. The number of nitrogens with one attached hydrogen (secondary N) is 3. The fourth-order valence-corrected chi connectivity index (χ4v) is 3.17. The maximum Gasteiger partial charge on any atom is 0.258 e. The highest BCUT2D eigenvalue weighted by atomic mass is 35.5. The van der Waals surface area contributed by atoms with Gasteiger partial charge in [0.05, 0.1) is 22.2 Å². The molecule has 30 heavy (non-hydrogen) atoms. The molecule has 1 aromatic carbocycles. The lowest BCUT2D eigenvalue weighted by Gasteiger charge is -2.11. The minimum absolute atomic E-state index is 0.0266. The molecule has 0 atom stereocenters. The second-order valence-electron chi connectivity index (χ2n) is 6.18. The molecule has 0 aliphatic heterocycles. The van der Waals surface area contributed by atoms with Gasteiger partial charge in [-0.05, 0) is 24.6 Å². The zero-order valence-corrected chi connectivity index (χ0v) is 17.6. The van der Waals surface area contributed by atoms with Crippen LogP contribution < -0.4 is 16.0 Å². The molecule has 0 saturated carbocycles. The largest absolute Gasteiger partial charge is 0.395 e. The van der Waals surface area contributed by atoms with Gasteiger partial charge in [-0.25, -0.2) is 9.97 Å². The SMILES string of the molecule is CCc1cc(Nc2cc(NC(=O)c3c(Cl)cccc3Cl)ccn2)nc(NCCO)n1. The van der Waals surface area contributed by atoms with Crippen LogP contribution in [0.15, 0.2) is 42.6 Å². The van der Waals surface area contributed by atoms with Crippen molar-refractivity contribution >= 4 is 52.4 Å². The Kier molecular flexibility index (Phi) is 7.40. The molecule has 8 nitrogen and oxygen atoms in total. The van der Waals surface area contributed by atoms with Crippen molar-refractivity contribution in [2.75, 3.05) is 29.1 Å². The molecule has 0 fully saturated rings. The summed E-state index contributed by atoms with van der Waals surface area (Å²) >= 11 is 12.2. The van der Waals surface area contributed by atoms with E-state index in [4.69, 9.17) is 28.3 Å². The minimum atomic E-state index is -0.423. The highest BCUT2D eigenvalue weighted by molar-refractivity contribution is 6.40. The molecule has 3 aromatic rings. The summed E-state index contributed by atoms with van der Waals surface area (Å²) in [4.78, 5) is 25.6. The number of anilines is 4. The summed E-state index contributed by atoms with van der Waals surface area (Å²) in [5.74, 6) is 0.997. The van der Waals surface area contributed by atoms with Crippen LogP contribution in [0.4, 0.5) is 23.3 Å². The molecule has 3 rings (SSSR count). The number of hydrogen-bond donors (Lipinski definition) is 4. The third-order valence-electron chi connectivity index (χ3n) is 4.00. The van der Waals surface area contributed by atoms with Gasteiger partial charge >= 0.3 is 0 Å². The third-order valence-corrected chi connectivity index (χ3v) is 4.63. The summed E-state index contributed by atoms with van der Waals surface area (Å²) in [5.41, 5.74) is 1.54. The van der Waals surface area contributed by atoms with Crippen molar-refractivity contribution in [2.24, 2.45) is 0 Å². The van der Waals surface area contributed by atoms with Crippen LogP contribution in [0.3, 0.4) is 0 Å². The van der Waals surface area contributed by atoms with Gasteiger partial charge in [0.1, 0.15) is 11.6 Å². The zero-order chi connectivity index (χ0) is 21.5. The van der Waals surface area contributed by atoms with Crippen molar-refractivity contribution in [3.05, 3.63) is 63.9 Å². The summed E-state index contributed by atoms with van der Waals surface area (Å²) < 4.78 is 0. The highest BCUT2D eigenvalue weighted by Crippen LogP contribution is 2.26. The smallest absolute Gasteiger partial charge is 0.258 e. The predicted molar refractivity (Wildman–Crippen MR) is 119 cm³/mol. The number of aryl methyl sites for hydroxylation is 1. The van der Waals surface area contributed by atoms with E-state index < -0.39 is 5.91 Å². The fraction of sp³-hybridized carbons (Fsp3) is 0.200. The van der Waals surface area contributed by atoms with E-state index in [0.29, 0.717) is 36.2 Å². The number of aromatic nitrogens is 3. The normalized spacial score (nSPS) is 10.5. The van der Waals surface area contributed by atoms with Gasteiger partial charge in [-0.15, -0.1) is 0 Å². The standard InChI is InChI=1S/C20H20Cl2N6O2/c1-2-12-10-17(28-20(26-12)24-8-9-29)27-16-11-13(6-7-23-16)25-19(30)18-14(21)4-3-5-15(18)22/h3-7,10-11,29H,2,8-9H2,1H3,(H3,23,24,25,26,27,28,30). The number of rotatable bonds is 8. The van der Waals surface area contributed by atoms with Gasteiger partial charge in [-0.3, -0.25) is 4.79 Å². The molecule has 0 spiro atoms. The van der Waals surface area contributed by atoms with E-state index in [0.717, 1.165) is 5.69 Å². The van der Waals surface area contributed by atoms with E-state index in [1.54, 1.807) is 42.6 Å². The first-order chi connectivity index (χ1) is 14.5. The van der Waals surface area contributed by atoms with Gasteiger partial charge in [0.2, 0.25) is 5.95 Å². The fourth-order valence-electron chi connectivity index (χ4n) is 2.61. The van der Waals surface area contributed by atoms with Crippen LogP contribution in [0, 0.1) is 0 Å². The first-order valence-electron chi connectivity index (χ1n) is 9.21. The van der Waals surface area contributed by atoms with Gasteiger partial charge in [0.15, 0.2) is 0 Å². The van der Waals surface area contributed by atoms with Gasteiger partial charge in [0.25, 0.3) is 5.91 Å². The average molecular weight is 447 g/mol. The summed E-state index contributed by atoms with van der Waals surface area (Å²) in [5, 5.41) is 18.3. The molecule has 0 bridgehead atoms. The molecule has 0 radical (unpaired) electrons. The van der Waals surface area contributed by atoms with E-state index >= 15 is 0 Å². The Hall–Kier alpha value is -2.94. The Balaban J connectivity index is 1.78. The zero-order valence-electron chi connectivity index (χ0n) is 16.1. The van der Waals surface area contributed by atoms with Crippen LogP contribution in [0.1, 0.15) is 23.0 Å². The number of hydrogen-bond acceptors (Lipinski definition) is 7. The van der Waals surface area contributed by atoms with E-state index in [-0.39, 0.29) is 22.2 Å². The molecule has 0 unspecified atom stereocenters. The molecular weight excluding hydrogens is 427 g/mol. The summed E-state index contributed by atoms with van der Waals surface area (Å²) in [6, 6.07) is 10.00. The number of carbonyl (C=O) groups is 1. The summed E-state index contributed by atoms with van der Waals surface area (Å²) in [6.45, 7) is 2.30. The van der Waals surface area contributed by atoms with E-state index in [9.17, 15) is 4.79 Å². The first kappa shape index (κ1) is 21.8. The second-order valence-corrected chi connectivity index (χ2v) is 6.99. The van der Waals surface area contributed by atoms with E-state index in [1.807, 2.05) is 6.92 Å².